The smallest absolute Gasteiger partial charge is 0.275 e. The topological polar surface area (TPSA) is 64.8 Å². The molecule has 0 fully saturated rings. The Balaban J connectivity index is 1.55. The van der Waals surface area contributed by atoms with Crippen molar-refractivity contribution in [1.29, 1.82) is 0 Å². The van der Waals surface area contributed by atoms with E-state index in [1.54, 1.807) is 43.7 Å². The summed E-state index contributed by atoms with van der Waals surface area (Å²) in [7, 11) is 3.04. The molecule has 162 valence electrons. The first-order valence-electron chi connectivity index (χ1n) is 9.97. The maximum absolute atomic E-state index is 13.2. The maximum Gasteiger partial charge on any atom is 0.275 e. The van der Waals surface area contributed by atoms with Gasteiger partial charge in [-0.25, -0.2) is 9.82 Å². The summed E-state index contributed by atoms with van der Waals surface area (Å²) in [6.07, 6.45) is 3.56. The van der Waals surface area contributed by atoms with Crippen LogP contribution in [0, 0.1) is 5.82 Å². The number of carbonyl (C=O) groups is 1. The van der Waals surface area contributed by atoms with E-state index in [0.717, 1.165) is 22.0 Å². The van der Waals surface area contributed by atoms with Crippen molar-refractivity contribution in [3.8, 4) is 11.5 Å². The highest BCUT2D eigenvalue weighted by Gasteiger charge is 2.13. The first kappa shape index (κ1) is 21.1. The molecule has 0 unspecified atom stereocenters. The molecule has 0 aliphatic rings. The Hall–Kier alpha value is -4.13. The lowest BCUT2D eigenvalue weighted by molar-refractivity contribution is 0.0952. The first-order chi connectivity index (χ1) is 15.6. The number of hydrogen-bond acceptors (Lipinski definition) is 4. The lowest BCUT2D eigenvalue weighted by atomic mass is 10.2. The molecule has 7 heteroatoms. The monoisotopic (exact) mass is 431 g/mol. The van der Waals surface area contributed by atoms with Crippen molar-refractivity contribution in [3.63, 3.8) is 0 Å². The van der Waals surface area contributed by atoms with Gasteiger partial charge in [0, 0.05) is 35.3 Å². The number of ether oxygens (including phenoxy) is 2. The molecule has 0 aliphatic carbocycles. The number of fused-ring (bicyclic) bond motifs is 1. The molecular weight excluding hydrogens is 409 g/mol. The molecule has 1 aromatic heterocycles. The summed E-state index contributed by atoms with van der Waals surface area (Å²) in [5.74, 6) is 0.336. The van der Waals surface area contributed by atoms with Crippen molar-refractivity contribution in [2.45, 2.75) is 6.54 Å². The molecular formula is C25H22FN3O3. The molecule has 0 atom stereocenters. The van der Waals surface area contributed by atoms with E-state index in [4.69, 9.17) is 9.47 Å². The summed E-state index contributed by atoms with van der Waals surface area (Å²) in [6, 6.07) is 19.3. The number of amides is 1. The van der Waals surface area contributed by atoms with Crippen molar-refractivity contribution in [2.75, 3.05) is 14.2 Å². The number of hydrogen-bond donors (Lipinski definition) is 1. The Morgan fingerprint density at radius 3 is 2.59 bits per heavy atom. The van der Waals surface area contributed by atoms with Crippen molar-refractivity contribution in [2.24, 2.45) is 5.10 Å². The van der Waals surface area contributed by atoms with E-state index >= 15 is 0 Å². The highest BCUT2D eigenvalue weighted by Crippen LogP contribution is 2.25. The summed E-state index contributed by atoms with van der Waals surface area (Å²) < 4.78 is 25.7. The fraction of sp³-hybridized carbons (Fsp3) is 0.120. The van der Waals surface area contributed by atoms with Gasteiger partial charge in [-0.3, -0.25) is 4.79 Å². The third-order valence-corrected chi connectivity index (χ3v) is 5.11. The van der Waals surface area contributed by atoms with Crippen LogP contribution in [-0.2, 0) is 6.54 Å². The number of nitrogens with one attached hydrogen (secondary N) is 1. The predicted molar refractivity (Wildman–Crippen MR) is 122 cm³/mol. The quantitative estimate of drug-likeness (QED) is 0.343. The van der Waals surface area contributed by atoms with E-state index in [9.17, 15) is 9.18 Å². The Bertz CT molecular complexity index is 1280. The van der Waals surface area contributed by atoms with Crippen LogP contribution in [0.1, 0.15) is 21.5 Å². The molecule has 32 heavy (non-hydrogen) atoms. The number of nitrogens with zero attached hydrogens (tertiary/aromatic N) is 2. The number of carbonyl (C=O) groups excluding carboxylic acids is 1. The minimum Gasteiger partial charge on any atom is -0.497 e. The number of methoxy groups -OCH3 is 2. The highest BCUT2D eigenvalue weighted by atomic mass is 19.1. The molecule has 0 saturated heterocycles. The predicted octanol–water partition coefficient (Wildman–Crippen LogP) is 4.61. The van der Waals surface area contributed by atoms with Gasteiger partial charge < -0.3 is 14.0 Å². The second-order valence-electron chi connectivity index (χ2n) is 7.12. The molecule has 0 aliphatic heterocycles. The third kappa shape index (κ3) is 4.46. The van der Waals surface area contributed by atoms with Gasteiger partial charge in [-0.15, -0.1) is 0 Å². The van der Waals surface area contributed by atoms with E-state index in [1.165, 1.54) is 19.2 Å². The Morgan fingerprint density at radius 1 is 1.06 bits per heavy atom. The van der Waals surface area contributed by atoms with E-state index in [0.29, 0.717) is 23.6 Å². The first-order valence-corrected chi connectivity index (χ1v) is 9.97. The molecule has 1 heterocycles. The molecule has 4 aromatic rings. The summed E-state index contributed by atoms with van der Waals surface area (Å²) in [6.45, 7) is 0.587. The number of para-hydroxylation sites is 1. The second-order valence-corrected chi connectivity index (χ2v) is 7.12. The SMILES string of the molecule is COc1ccc(C(=O)N/N=C\c2cn(Cc3ccc(F)cc3)c3ccccc23)c(OC)c1. The molecule has 4 rings (SSSR count). The van der Waals surface area contributed by atoms with Crippen molar-refractivity contribution in [3.05, 3.63) is 95.4 Å². The zero-order chi connectivity index (χ0) is 22.5. The molecule has 0 radical (unpaired) electrons. The fourth-order valence-electron chi connectivity index (χ4n) is 3.50. The maximum atomic E-state index is 13.2. The lowest BCUT2D eigenvalue weighted by Gasteiger charge is -2.08. The van der Waals surface area contributed by atoms with Gasteiger partial charge in [0.25, 0.3) is 5.91 Å². The second kappa shape index (κ2) is 9.34. The van der Waals surface area contributed by atoms with E-state index in [1.807, 2.05) is 30.5 Å². The van der Waals surface area contributed by atoms with Crippen LogP contribution < -0.4 is 14.9 Å². The van der Waals surface area contributed by atoms with E-state index in [-0.39, 0.29) is 5.82 Å². The molecule has 3 aromatic carbocycles. The van der Waals surface area contributed by atoms with Crippen molar-refractivity contribution < 1.29 is 18.7 Å². The molecule has 1 amide bonds. The van der Waals surface area contributed by atoms with Gasteiger partial charge >= 0.3 is 0 Å². The van der Waals surface area contributed by atoms with Gasteiger partial charge in [0.2, 0.25) is 0 Å². The van der Waals surface area contributed by atoms with Crippen LogP contribution in [0.2, 0.25) is 0 Å². The summed E-state index contributed by atoms with van der Waals surface area (Å²) >= 11 is 0. The van der Waals surface area contributed by atoms with Gasteiger partial charge in [-0.05, 0) is 35.9 Å². The number of benzene rings is 3. The average Bonchev–Trinajstić information content (AvgIpc) is 3.17. The highest BCUT2D eigenvalue weighted by molar-refractivity contribution is 6.01. The van der Waals surface area contributed by atoms with E-state index in [2.05, 4.69) is 15.1 Å². The third-order valence-electron chi connectivity index (χ3n) is 5.11. The minimum atomic E-state index is -0.393. The molecule has 0 saturated carbocycles. The minimum absolute atomic E-state index is 0.261. The van der Waals surface area contributed by atoms with Crippen LogP contribution in [0.3, 0.4) is 0 Å². The largest absolute Gasteiger partial charge is 0.497 e. The molecule has 1 N–H and O–H groups in total. The zero-order valence-electron chi connectivity index (χ0n) is 17.7. The molecule has 6 nitrogen and oxygen atoms in total. The van der Waals surface area contributed by atoms with Gasteiger partial charge in [0.1, 0.15) is 17.3 Å². The summed E-state index contributed by atoms with van der Waals surface area (Å²) in [5.41, 5.74) is 5.75. The number of halogens is 1. The average molecular weight is 431 g/mol. The number of aromatic nitrogens is 1. The van der Waals surface area contributed by atoms with Crippen LogP contribution in [0.4, 0.5) is 4.39 Å². The van der Waals surface area contributed by atoms with Crippen LogP contribution in [0.25, 0.3) is 10.9 Å². The molecule has 0 spiro atoms. The van der Waals surface area contributed by atoms with E-state index < -0.39 is 5.91 Å². The zero-order valence-corrected chi connectivity index (χ0v) is 17.7. The number of hydrazone groups is 1. The fourth-order valence-corrected chi connectivity index (χ4v) is 3.50. The van der Waals surface area contributed by atoms with Gasteiger partial charge in [0.15, 0.2) is 0 Å². The van der Waals surface area contributed by atoms with Crippen LogP contribution in [0.15, 0.2) is 78.0 Å². The van der Waals surface area contributed by atoms with Crippen LogP contribution >= 0.6 is 0 Å². The van der Waals surface area contributed by atoms with Crippen LogP contribution in [0.5, 0.6) is 11.5 Å². The summed E-state index contributed by atoms with van der Waals surface area (Å²) in [5, 5.41) is 5.14. The molecule has 0 bridgehead atoms. The van der Waals surface area contributed by atoms with Gasteiger partial charge in [-0.1, -0.05) is 30.3 Å². The Morgan fingerprint density at radius 2 is 1.84 bits per heavy atom. The Kier molecular flexibility index (Phi) is 6.17. The lowest BCUT2D eigenvalue weighted by Crippen LogP contribution is -2.18. The number of rotatable bonds is 7. The standard InChI is InChI=1S/C25H22FN3O3/c1-31-20-11-12-22(24(13-20)32-2)25(30)28-27-14-18-16-29(23-6-4-3-5-21(18)23)15-17-7-9-19(26)10-8-17/h3-14,16H,15H2,1-2H3,(H,28,30)/b27-14-. The Labute approximate surface area is 184 Å². The normalized spacial score (nSPS) is 11.1. The van der Waals surface area contributed by atoms with Crippen molar-refractivity contribution in [1.82, 2.24) is 9.99 Å². The summed E-state index contributed by atoms with van der Waals surface area (Å²) in [4.78, 5) is 12.6. The van der Waals surface area contributed by atoms with Gasteiger partial charge in [-0.2, -0.15) is 5.10 Å². The van der Waals surface area contributed by atoms with Gasteiger partial charge in [0.05, 0.1) is 26.0 Å². The van der Waals surface area contributed by atoms with Crippen molar-refractivity contribution >= 4 is 23.0 Å². The van der Waals surface area contributed by atoms with Crippen LogP contribution in [-0.4, -0.2) is 30.9 Å².